The number of hydrogen-bond acceptors (Lipinski definition) is 1. The quantitative estimate of drug-likeness (QED) is 0.646. The third-order valence-corrected chi connectivity index (χ3v) is 3.10. The van der Waals surface area contributed by atoms with E-state index in [1.54, 1.807) is 0 Å². The number of nitrogens with one attached hydrogen (secondary N) is 1. The molecule has 0 spiro atoms. The van der Waals surface area contributed by atoms with Crippen LogP contribution >= 0.6 is 0 Å². The molecule has 12 heavy (non-hydrogen) atoms. The molecule has 1 N–H and O–H groups in total. The van der Waals surface area contributed by atoms with Crippen LogP contribution in [0.4, 0.5) is 0 Å². The zero-order valence-electron chi connectivity index (χ0n) is 9.41. The highest BCUT2D eigenvalue weighted by Crippen LogP contribution is 2.16. The third kappa shape index (κ3) is 3.57. The summed E-state index contributed by atoms with van der Waals surface area (Å²) in [4.78, 5) is 0. The fraction of sp³-hybridized carbons (Fsp3) is 1.00. The average Bonchev–Trinajstić information content (AvgIpc) is 2.14. The Morgan fingerprint density at radius 2 is 1.42 bits per heavy atom. The molecule has 0 aromatic heterocycles. The SMILES string of the molecule is CCC(CC)NC(C)(CC)CC. The summed E-state index contributed by atoms with van der Waals surface area (Å²) in [5.74, 6) is 0. The van der Waals surface area contributed by atoms with Crippen molar-refractivity contribution in [1.29, 1.82) is 0 Å². The lowest BCUT2D eigenvalue weighted by atomic mass is 9.93. The fourth-order valence-electron chi connectivity index (χ4n) is 1.44. The second kappa shape index (κ2) is 5.58. The van der Waals surface area contributed by atoms with Crippen LogP contribution in [0.15, 0.2) is 0 Å². The molecule has 0 fully saturated rings. The molecule has 0 rings (SSSR count). The van der Waals surface area contributed by atoms with Gasteiger partial charge in [0.1, 0.15) is 0 Å². The van der Waals surface area contributed by atoms with Crippen molar-refractivity contribution in [3.63, 3.8) is 0 Å². The van der Waals surface area contributed by atoms with Gasteiger partial charge in [-0.05, 0) is 32.6 Å². The first-order valence-corrected chi connectivity index (χ1v) is 5.39. The summed E-state index contributed by atoms with van der Waals surface area (Å²) in [6.07, 6.45) is 4.93. The zero-order chi connectivity index (χ0) is 9.61. The molecule has 0 amide bonds. The van der Waals surface area contributed by atoms with Crippen LogP contribution in [0.1, 0.15) is 60.3 Å². The van der Waals surface area contributed by atoms with Gasteiger partial charge >= 0.3 is 0 Å². The highest BCUT2D eigenvalue weighted by atomic mass is 15.0. The van der Waals surface area contributed by atoms with Gasteiger partial charge in [0.2, 0.25) is 0 Å². The maximum absolute atomic E-state index is 3.73. The predicted octanol–water partition coefficient (Wildman–Crippen LogP) is 3.34. The Balaban J connectivity index is 3.99. The van der Waals surface area contributed by atoms with Gasteiger partial charge in [0.15, 0.2) is 0 Å². The van der Waals surface area contributed by atoms with E-state index < -0.39 is 0 Å². The van der Waals surface area contributed by atoms with Crippen molar-refractivity contribution in [2.45, 2.75) is 71.9 Å². The van der Waals surface area contributed by atoms with Gasteiger partial charge in [-0.1, -0.05) is 27.7 Å². The Bertz CT molecular complexity index is 102. The molecule has 74 valence electrons. The van der Waals surface area contributed by atoms with E-state index in [0.717, 1.165) is 0 Å². The molecule has 0 unspecified atom stereocenters. The average molecular weight is 171 g/mol. The molecular formula is C11H25N. The second-order valence-corrected chi connectivity index (χ2v) is 3.93. The van der Waals surface area contributed by atoms with Crippen LogP contribution in [-0.2, 0) is 0 Å². The van der Waals surface area contributed by atoms with Crippen LogP contribution in [0, 0.1) is 0 Å². The Labute approximate surface area is 77.9 Å². The Hall–Kier alpha value is -0.0400. The number of hydrogen-bond donors (Lipinski definition) is 1. The molecule has 0 bridgehead atoms. The highest BCUT2D eigenvalue weighted by Gasteiger charge is 2.21. The van der Waals surface area contributed by atoms with Crippen LogP contribution in [0.2, 0.25) is 0 Å². The molecule has 0 heterocycles. The van der Waals surface area contributed by atoms with Gasteiger partial charge in [-0.2, -0.15) is 0 Å². The predicted molar refractivity (Wildman–Crippen MR) is 56.5 cm³/mol. The van der Waals surface area contributed by atoms with E-state index in [4.69, 9.17) is 0 Å². The van der Waals surface area contributed by atoms with E-state index in [9.17, 15) is 0 Å². The molecule has 0 aromatic carbocycles. The van der Waals surface area contributed by atoms with E-state index in [1.165, 1.54) is 25.7 Å². The van der Waals surface area contributed by atoms with Crippen LogP contribution in [0.25, 0.3) is 0 Å². The van der Waals surface area contributed by atoms with Gasteiger partial charge in [-0.3, -0.25) is 0 Å². The minimum Gasteiger partial charge on any atom is -0.309 e. The largest absolute Gasteiger partial charge is 0.309 e. The van der Waals surface area contributed by atoms with Gasteiger partial charge in [-0.25, -0.2) is 0 Å². The Kier molecular flexibility index (Phi) is 5.56. The molecule has 0 atom stereocenters. The first-order chi connectivity index (χ1) is 5.61. The zero-order valence-corrected chi connectivity index (χ0v) is 9.41. The standard InChI is InChI=1S/C11H25N/c1-6-10(7-2)12-11(5,8-3)9-4/h10,12H,6-9H2,1-5H3. The van der Waals surface area contributed by atoms with Crippen LogP contribution < -0.4 is 5.32 Å². The summed E-state index contributed by atoms with van der Waals surface area (Å²) in [6.45, 7) is 11.4. The molecule has 0 saturated heterocycles. The lowest BCUT2D eigenvalue weighted by Crippen LogP contribution is -2.46. The number of rotatable bonds is 6. The van der Waals surface area contributed by atoms with Crippen LogP contribution in [0.3, 0.4) is 0 Å². The van der Waals surface area contributed by atoms with Gasteiger partial charge in [0, 0.05) is 11.6 Å². The van der Waals surface area contributed by atoms with Crippen molar-refractivity contribution >= 4 is 0 Å². The lowest BCUT2D eigenvalue weighted by molar-refractivity contribution is 0.280. The maximum Gasteiger partial charge on any atom is 0.0150 e. The summed E-state index contributed by atoms with van der Waals surface area (Å²) < 4.78 is 0. The molecule has 0 aromatic rings. The smallest absolute Gasteiger partial charge is 0.0150 e. The molecular weight excluding hydrogens is 146 g/mol. The molecule has 0 saturated carbocycles. The van der Waals surface area contributed by atoms with E-state index in [1.807, 2.05) is 0 Å². The van der Waals surface area contributed by atoms with Gasteiger partial charge in [-0.15, -0.1) is 0 Å². The third-order valence-electron chi connectivity index (χ3n) is 3.10. The highest BCUT2D eigenvalue weighted by molar-refractivity contribution is 4.83. The van der Waals surface area contributed by atoms with Crippen molar-refractivity contribution in [1.82, 2.24) is 5.32 Å². The van der Waals surface area contributed by atoms with Crippen molar-refractivity contribution < 1.29 is 0 Å². The molecule has 0 aliphatic heterocycles. The molecule has 1 nitrogen and oxygen atoms in total. The minimum absolute atomic E-state index is 0.358. The summed E-state index contributed by atoms with van der Waals surface area (Å²) >= 11 is 0. The Morgan fingerprint density at radius 1 is 1.00 bits per heavy atom. The van der Waals surface area contributed by atoms with Crippen LogP contribution in [0.5, 0.6) is 0 Å². The second-order valence-electron chi connectivity index (χ2n) is 3.93. The fourth-order valence-corrected chi connectivity index (χ4v) is 1.44. The molecule has 1 heteroatoms. The summed E-state index contributed by atoms with van der Waals surface area (Å²) in [5, 5.41) is 3.73. The first-order valence-electron chi connectivity index (χ1n) is 5.39. The van der Waals surface area contributed by atoms with E-state index in [-0.39, 0.29) is 0 Å². The summed E-state index contributed by atoms with van der Waals surface area (Å²) in [6, 6.07) is 0.704. The monoisotopic (exact) mass is 171 g/mol. The topological polar surface area (TPSA) is 12.0 Å². The Morgan fingerprint density at radius 3 is 1.67 bits per heavy atom. The van der Waals surface area contributed by atoms with Gasteiger partial charge in [0.25, 0.3) is 0 Å². The van der Waals surface area contributed by atoms with Crippen molar-refractivity contribution in [2.75, 3.05) is 0 Å². The summed E-state index contributed by atoms with van der Waals surface area (Å²) in [7, 11) is 0. The van der Waals surface area contributed by atoms with Crippen LogP contribution in [-0.4, -0.2) is 11.6 Å². The lowest BCUT2D eigenvalue weighted by Gasteiger charge is -2.33. The molecule has 0 radical (unpaired) electrons. The van der Waals surface area contributed by atoms with E-state index in [0.29, 0.717) is 11.6 Å². The molecule has 0 aliphatic carbocycles. The maximum atomic E-state index is 3.73. The van der Waals surface area contributed by atoms with Crippen molar-refractivity contribution in [3.8, 4) is 0 Å². The normalized spacial score (nSPS) is 12.5. The van der Waals surface area contributed by atoms with Gasteiger partial charge < -0.3 is 5.32 Å². The molecule has 0 aliphatic rings. The van der Waals surface area contributed by atoms with Gasteiger partial charge in [0.05, 0.1) is 0 Å². The van der Waals surface area contributed by atoms with Crippen molar-refractivity contribution in [3.05, 3.63) is 0 Å². The van der Waals surface area contributed by atoms with E-state index in [2.05, 4.69) is 39.9 Å². The van der Waals surface area contributed by atoms with E-state index >= 15 is 0 Å². The first kappa shape index (κ1) is 12.0. The van der Waals surface area contributed by atoms with Crippen molar-refractivity contribution in [2.24, 2.45) is 0 Å². The summed E-state index contributed by atoms with van der Waals surface area (Å²) in [5.41, 5.74) is 0.358. The minimum atomic E-state index is 0.358.